The number of hydrogen-bond acceptors (Lipinski definition) is 7. The van der Waals surface area contributed by atoms with Crippen molar-refractivity contribution in [1.82, 2.24) is 14.9 Å². The Morgan fingerprint density at radius 3 is 2.24 bits per heavy atom. The van der Waals surface area contributed by atoms with Gasteiger partial charge >= 0.3 is 0 Å². The molecule has 0 fully saturated rings. The lowest BCUT2D eigenvalue weighted by Crippen LogP contribution is -2.26. The second-order valence-electron chi connectivity index (χ2n) is 9.71. The molecule has 0 aliphatic rings. The molecule has 0 amide bonds. The van der Waals surface area contributed by atoms with E-state index in [0.29, 0.717) is 53.8 Å². The first-order chi connectivity index (χ1) is 20.4. The van der Waals surface area contributed by atoms with E-state index in [9.17, 15) is 8.42 Å². The van der Waals surface area contributed by atoms with Gasteiger partial charge in [0.15, 0.2) is 17.3 Å². The molecule has 0 aliphatic heterocycles. The smallest absolute Gasteiger partial charge is 0.240 e. The van der Waals surface area contributed by atoms with Crippen molar-refractivity contribution < 1.29 is 17.9 Å². The van der Waals surface area contributed by atoms with Crippen molar-refractivity contribution in [3.63, 3.8) is 0 Å². The lowest BCUT2D eigenvalue weighted by Gasteiger charge is -2.14. The first-order valence-corrected chi connectivity index (χ1v) is 15.4. The van der Waals surface area contributed by atoms with E-state index in [1.54, 1.807) is 19.1 Å². The SMILES string of the molecule is CCOc1ccc(CCNS(=O)(=O)c2cc(-c3nnc(Nc4ccccc4)c4ccccc34)ccc2C)cc1OCC. The molecule has 0 atom stereocenters. The fourth-order valence-corrected chi connectivity index (χ4v) is 6.06. The molecule has 4 aromatic carbocycles. The second-order valence-corrected chi connectivity index (χ2v) is 11.4. The van der Waals surface area contributed by atoms with Crippen LogP contribution in [0.15, 0.2) is 95.9 Å². The van der Waals surface area contributed by atoms with Crippen LogP contribution in [0.5, 0.6) is 11.5 Å². The fraction of sp³-hybridized carbons (Fsp3) is 0.212. The number of aryl methyl sites for hydroxylation is 1. The van der Waals surface area contributed by atoms with Crippen LogP contribution in [0.4, 0.5) is 11.5 Å². The Bertz CT molecular complexity index is 1790. The molecule has 0 spiro atoms. The summed E-state index contributed by atoms with van der Waals surface area (Å²) >= 11 is 0. The molecule has 0 saturated carbocycles. The predicted molar refractivity (Wildman–Crippen MR) is 167 cm³/mol. The van der Waals surface area contributed by atoms with E-state index in [2.05, 4.69) is 20.2 Å². The molecule has 0 aliphatic carbocycles. The molecule has 42 heavy (non-hydrogen) atoms. The van der Waals surface area contributed by atoms with Gasteiger partial charge in [-0.2, -0.15) is 0 Å². The Morgan fingerprint density at radius 1 is 0.762 bits per heavy atom. The quantitative estimate of drug-likeness (QED) is 0.169. The Hall–Kier alpha value is -4.47. The van der Waals surface area contributed by atoms with Gasteiger partial charge in [0.05, 0.1) is 18.1 Å². The third-order valence-corrected chi connectivity index (χ3v) is 8.39. The lowest BCUT2D eigenvalue weighted by atomic mass is 10.0. The third-order valence-electron chi connectivity index (χ3n) is 6.79. The molecule has 1 heterocycles. The van der Waals surface area contributed by atoms with Gasteiger partial charge in [0.25, 0.3) is 0 Å². The van der Waals surface area contributed by atoms with Crippen LogP contribution in [-0.2, 0) is 16.4 Å². The monoisotopic (exact) mass is 582 g/mol. The Kier molecular flexibility index (Phi) is 9.00. The van der Waals surface area contributed by atoms with E-state index >= 15 is 0 Å². The zero-order chi connectivity index (χ0) is 29.5. The summed E-state index contributed by atoms with van der Waals surface area (Å²) in [5.74, 6) is 1.96. The molecule has 0 radical (unpaired) electrons. The summed E-state index contributed by atoms with van der Waals surface area (Å²) in [6.45, 7) is 6.90. The minimum absolute atomic E-state index is 0.207. The summed E-state index contributed by atoms with van der Waals surface area (Å²) < 4.78 is 41.0. The van der Waals surface area contributed by atoms with Crippen LogP contribution in [0.2, 0.25) is 0 Å². The largest absolute Gasteiger partial charge is 0.490 e. The number of anilines is 2. The Labute approximate surface area is 246 Å². The van der Waals surface area contributed by atoms with Gasteiger partial charge in [-0.1, -0.05) is 60.7 Å². The average Bonchev–Trinajstić information content (AvgIpc) is 2.99. The Morgan fingerprint density at radius 2 is 1.48 bits per heavy atom. The minimum atomic E-state index is -3.80. The third kappa shape index (κ3) is 6.53. The van der Waals surface area contributed by atoms with E-state index < -0.39 is 10.0 Å². The summed E-state index contributed by atoms with van der Waals surface area (Å²) in [5.41, 5.74) is 3.77. The predicted octanol–water partition coefficient (Wildman–Crippen LogP) is 6.67. The molecule has 0 unspecified atom stereocenters. The van der Waals surface area contributed by atoms with Crippen LogP contribution < -0.4 is 19.5 Å². The van der Waals surface area contributed by atoms with Gasteiger partial charge in [-0.3, -0.25) is 0 Å². The highest BCUT2D eigenvalue weighted by Crippen LogP contribution is 2.33. The molecule has 0 bridgehead atoms. The number of benzene rings is 4. The number of nitrogens with zero attached hydrogens (tertiary/aromatic N) is 2. The van der Waals surface area contributed by atoms with Crippen molar-refractivity contribution in [3.8, 4) is 22.8 Å². The summed E-state index contributed by atoms with van der Waals surface area (Å²) in [7, 11) is -3.80. The van der Waals surface area contributed by atoms with Crippen LogP contribution in [-0.4, -0.2) is 38.4 Å². The van der Waals surface area contributed by atoms with Crippen LogP contribution in [0.25, 0.3) is 22.0 Å². The average molecular weight is 583 g/mol. The highest BCUT2D eigenvalue weighted by atomic mass is 32.2. The van der Waals surface area contributed by atoms with Gasteiger partial charge in [0, 0.05) is 28.6 Å². The summed E-state index contributed by atoms with van der Waals surface area (Å²) in [6, 6.07) is 28.6. The van der Waals surface area contributed by atoms with Crippen LogP contribution >= 0.6 is 0 Å². The van der Waals surface area contributed by atoms with Crippen molar-refractivity contribution in [2.24, 2.45) is 0 Å². The van der Waals surface area contributed by atoms with Crippen molar-refractivity contribution in [1.29, 1.82) is 0 Å². The number of hydrogen-bond donors (Lipinski definition) is 2. The van der Waals surface area contributed by atoms with Gasteiger partial charge in [0.2, 0.25) is 10.0 Å². The zero-order valence-corrected chi connectivity index (χ0v) is 24.7. The number of fused-ring (bicyclic) bond motifs is 1. The lowest BCUT2D eigenvalue weighted by molar-refractivity contribution is 0.287. The molecule has 8 nitrogen and oxygen atoms in total. The summed E-state index contributed by atoms with van der Waals surface area (Å²) in [5, 5.41) is 14.1. The fourth-order valence-electron chi connectivity index (χ4n) is 4.76. The van der Waals surface area contributed by atoms with E-state index in [1.807, 2.05) is 92.7 Å². The summed E-state index contributed by atoms with van der Waals surface area (Å²) in [4.78, 5) is 0.207. The van der Waals surface area contributed by atoms with Crippen LogP contribution in [0.1, 0.15) is 25.0 Å². The van der Waals surface area contributed by atoms with Crippen LogP contribution in [0.3, 0.4) is 0 Å². The number of rotatable bonds is 12. The number of nitrogens with one attached hydrogen (secondary N) is 2. The molecule has 9 heteroatoms. The molecular weight excluding hydrogens is 548 g/mol. The van der Waals surface area contributed by atoms with Gasteiger partial charge in [0.1, 0.15) is 5.69 Å². The molecule has 5 rings (SSSR count). The van der Waals surface area contributed by atoms with Gasteiger partial charge < -0.3 is 14.8 Å². The topological polar surface area (TPSA) is 102 Å². The minimum Gasteiger partial charge on any atom is -0.490 e. The normalized spacial score (nSPS) is 11.4. The second kappa shape index (κ2) is 13.0. The van der Waals surface area contributed by atoms with Crippen molar-refractivity contribution in [3.05, 3.63) is 102 Å². The van der Waals surface area contributed by atoms with E-state index in [1.165, 1.54) is 0 Å². The first-order valence-electron chi connectivity index (χ1n) is 14.0. The van der Waals surface area contributed by atoms with Gasteiger partial charge in [-0.25, -0.2) is 13.1 Å². The molecule has 5 aromatic rings. The van der Waals surface area contributed by atoms with Crippen molar-refractivity contribution in [2.45, 2.75) is 32.1 Å². The highest BCUT2D eigenvalue weighted by molar-refractivity contribution is 7.89. The van der Waals surface area contributed by atoms with Gasteiger partial charge in [-0.05, 0) is 68.7 Å². The zero-order valence-electron chi connectivity index (χ0n) is 23.9. The summed E-state index contributed by atoms with van der Waals surface area (Å²) in [6.07, 6.45) is 0.496. The van der Waals surface area contributed by atoms with E-state index in [0.717, 1.165) is 22.0 Å². The van der Waals surface area contributed by atoms with Crippen molar-refractivity contribution in [2.75, 3.05) is 25.1 Å². The standard InChI is InChI=1S/C33H34N4O4S/c1-4-40-29-18-16-24(21-30(29)41-5-2)19-20-34-42(38,39)31-22-25(17-15-23(31)3)32-27-13-9-10-14-28(27)33(37-36-32)35-26-11-7-6-8-12-26/h6-18,21-22,34H,4-5,19-20H2,1-3H3,(H,35,37). The molecule has 1 aromatic heterocycles. The number of ether oxygens (including phenoxy) is 2. The van der Waals surface area contributed by atoms with Gasteiger partial charge in [-0.15, -0.1) is 10.2 Å². The number of aromatic nitrogens is 2. The maximum absolute atomic E-state index is 13.5. The molecule has 2 N–H and O–H groups in total. The number of sulfonamides is 1. The van der Waals surface area contributed by atoms with Crippen molar-refractivity contribution >= 4 is 32.3 Å². The Balaban J connectivity index is 1.38. The maximum atomic E-state index is 13.5. The van der Waals surface area contributed by atoms with Crippen LogP contribution in [0, 0.1) is 6.92 Å². The number of para-hydroxylation sites is 1. The molecular formula is C33H34N4O4S. The molecule has 0 saturated heterocycles. The first kappa shape index (κ1) is 29.0. The van der Waals surface area contributed by atoms with E-state index in [4.69, 9.17) is 9.47 Å². The highest BCUT2D eigenvalue weighted by Gasteiger charge is 2.20. The van der Waals surface area contributed by atoms with E-state index in [-0.39, 0.29) is 11.4 Å². The maximum Gasteiger partial charge on any atom is 0.240 e. The molecule has 216 valence electrons.